The number of benzene rings is 1. The van der Waals surface area contributed by atoms with Crippen LogP contribution in [0.2, 0.25) is 0 Å². The van der Waals surface area contributed by atoms with E-state index in [1.807, 2.05) is 19.9 Å². The van der Waals surface area contributed by atoms with E-state index in [0.717, 1.165) is 11.3 Å². The van der Waals surface area contributed by atoms with Crippen LogP contribution in [0.15, 0.2) is 33.9 Å². The number of rotatable bonds is 0. The van der Waals surface area contributed by atoms with Crippen molar-refractivity contribution in [2.24, 2.45) is 7.05 Å². The highest BCUT2D eigenvalue weighted by Crippen LogP contribution is 2.06. The maximum Gasteiger partial charge on any atom is 0.310 e. The SMILES string of the molecule is CC.Cn1c(=O)sc(=O)c2ccccc21. The van der Waals surface area contributed by atoms with Crippen LogP contribution in [0.1, 0.15) is 13.8 Å². The van der Waals surface area contributed by atoms with E-state index in [0.29, 0.717) is 10.9 Å². The van der Waals surface area contributed by atoms with Crippen molar-refractivity contribution >= 4 is 22.2 Å². The lowest BCUT2D eigenvalue weighted by Gasteiger charge is -2.00. The minimum absolute atomic E-state index is 0.168. The highest BCUT2D eigenvalue weighted by atomic mass is 32.1. The van der Waals surface area contributed by atoms with E-state index < -0.39 is 0 Å². The van der Waals surface area contributed by atoms with Crippen LogP contribution in [-0.4, -0.2) is 4.57 Å². The Morgan fingerprint density at radius 3 is 2.40 bits per heavy atom. The number of aromatic nitrogens is 1. The second-order valence-corrected chi connectivity index (χ2v) is 3.66. The highest BCUT2D eigenvalue weighted by molar-refractivity contribution is 7.07. The Kier molecular flexibility index (Phi) is 3.80. The normalized spacial score (nSPS) is 9.53. The maximum absolute atomic E-state index is 11.4. The molecule has 1 heterocycles. The molecule has 0 saturated carbocycles. The Morgan fingerprint density at radius 1 is 1.13 bits per heavy atom. The molecular formula is C11H13NO2S. The first-order valence-corrected chi connectivity index (χ1v) is 5.60. The van der Waals surface area contributed by atoms with E-state index in [4.69, 9.17) is 0 Å². The number of nitrogens with zero attached hydrogens (tertiary/aromatic N) is 1. The second-order valence-electron chi connectivity index (χ2n) is 2.73. The Morgan fingerprint density at radius 2 is 1.73 bits per heavy atom. The van der Waals surface area contributed by atoms with Gasteiger partial charge in [-0.1, -0.05) is 26.0 Å². The molecule has 15 heavy (non-hydrogen) atoms. The third-order valence-corrected chi connectivity index (χ3v) is 2.79. The molecule has 0 aliphatic carbocycles. The zero-order chi connectivity index (χ0) is 11.4. The van der Waals surface area contributed by atoms with Crippen LogP contribution in [0.3, 0.4) is 0 Å². The van der Waals surface area contributed by atoms with E-state index >= 15 is 0 Å². The zero-order valence-corrected chi connectivity index (χ0v) is 9.80. The van der Waals surface area contributed by atoms with Gasteiger partial charge in [0.2, 0.25) is 4.74 Å². The predicted octanol–water partition coefficient (Wildman–Crippen LogP) is 1.99. The minimum atomic E-state index is -0.219. The van der Waals surface area contributed by atoms with E-state index in [-0.39, 0.29) is 9.62 Å². The van der Waals surface area contributed by atoms with Crippen molar-refractivity contribution in [3.63, 3.8) is 0 Å². The number of hydrogen-bond donors (Lipinski definition) is 0. The van der Waals surface area contributed by atoms with Gasteiger partial charge < -0.3 is 4.57 Å². The van der Waals surface area contributed by atoms with Crippen molar-refractivity contribution in [3.05, 3.63) is 43.5 Å². The molecule has 0 atom stereocenters. The molecule has 2 aromatic rings. The standard InChI is InChI=1S/C9H7NO2S.C2H6/c1-10-7-5-3-2-4-6(7)8(11)13-9(10)12;1-2/h2-5H,1H3;1-2H3. The topological polar surface area (TPSA) is 39.1 Å². The fourth-order valence-electron chi connectivity index (χ4n) is 1.24. The van der Waals surface area contributed by atoms with E-state index in [1.54, 1.807) is 25.2 Å². The van der Waals surface area contributed by atoms with Crippen molar-refractivity contribution in [2.45, 2.75) is 13.8 Å². The van der Waals surface area contributed by atoms with Gasteiger partial charge in [-0.15, -0.1) is 0 Å². The first-order valence-electron chi connectivity index (χ1n) is 4.79. The Labute approximate surface area is 91.6 Å². The second kappa shape index (κ2) is 4.89. The molecular weight excluding hydrogens is 210 g/mol. The number of hydrogen-bond acceptors (Lipinski definition) is 3. The maximum atomic E-state index is 11.4. The molecule has 4 heteroatoms. The molecule has 1 aromatic carbocycles. The smallest absolute Gasteiger partial charge is 0.302 e. The van der Waals surface area contributed by atoms with E-state index in [1.165, 1.54) is 4.57 Å². The van der Waals surface area contributed by atoms with Crippen LogP contribution >= 0.6 is 11.3 Å². The van der Waals surface area contributed by atoms with Crippen molar-refractivity contribution in [1.82, 2.24) is 4.57 Å². The molecule has 80 valence electrons. The van der Waals surface area contributed by atoms with Gasteiger partial charge in [-0.25, -0.2) is 0 Å². The van der Waals surface area contributed by atoms with Crippen molar-refractivity contribution in [3.8, 4) is 0 Å². The average Bonchev–Trinajstić information content (AvgIpc) is 2.29. The van der Waals surface area contributed by atoms with Crippen molar-refractivity contribution in [1.29, 1.82) is 0 Å². The first-order chi connectivity index (χ1) is 7.20. The molecule has 0 aliphatic heterocycles. The van der Waals surface area contributed by atoms with Gasteiger partial charge in [0.25, 0.3) is 0 Å². The summed E-state index contributed by atoms with van der Waals surface area (Å²) in [4.78, 5) is 22.4. The third kappa shape index (κ3) is 2.15. The molecule has 0 spiro atoms. The van der Waals surface area contributed by atoms with Crippen LogP contribution in [0.4, 0.5) is 0 Å². The van der Waals surface area contributed by atoms with Gasteiger partial charge in [-0.3, -0.25) is 9.59 Å². The first kappa shape index (κ1) is 11.7. The lowest BCUT2D eigenvalue weighted by atomic mass is 10.2. The molecule has 0 amide bonds. The number of fused-ring (bicyclic) bond motifs is 1. The van der Waals surface area contributed by atoms with Gasteiger partial charge in [0.1, 0.15) is 0 Å². The molecule has 0 bridgehead atoms. The summed E-state index contributed by atoms with van der Waals surface area (Å²) in [5.74, 6) is 0. The Hall–Kier alpha value is -1.42. The van der Waals surface area contributed by atoms with Crippen LogP contribution < -0.4 is 9.62 Å². The monoisotopic (exact) mass is 223 g/mol. The number of aryl methyl sites for hydroxylation is 1. The molecule has 1 aromatic heterocycles. The highest BCUT2D eigenvalue weighted by Gasteiger charge is 2.02. The molecule has 0 unspecified atom stereocenters. The van der Waals surface area contributed by atoms with Crippen molar-refractivity contribution < 1.29 is 0 Å². The summed E-state index contributed by atoms with van der Waals surface area (Å²) >= 11 is 0.740. The van der Waals surface area contributed by atoms with Crippen LogP contribution in [-0.2, 0) is 7.05 Å². The average molecular weight is 223 g/mol. The summed E-state index contributed by atoms with van der Waals surface area (Å²) in [7, 11) is 1.67. The molecule has 0 radical (unpaired) electrons. The molecule has 0 N–H and O–H groups in total. The Balaban J connectivity index is 0.000000531. The lowest BCUT2D eigenvalue weighted by molar-refractivity contribution is 0.931. The summed E-state index contributed by atoms with van der Waals surface area (Å²) < 4.78 is 1.32. The summed E-state index contributed by atoms with van der Waals surface area (Å²) in [6.45, 7) is 4.00. The lowest BCUT2D eigenvalue weighted by Crippen LogP contribution is -2.18. The van der Waals surface area contributed by atoms with E-state index in [9.17, 15) is 9.59 Å². The van der Waals surface area contributed by atoms with E-state index in [2.05, 4.69) is 0 Å². The van der Waals surface area contributed by atoms with Gasteiger partial charge in [0.15, 0.2) is 0 Å². The van der Waals surface area contributed by atoms with Crippen LogP contribution in [0.5, 0.6) is 0 Å². The van der Waals surface area contributed by atoms with Gasteiger partial charge in [0.05, 0.1) is 10.9 Å². The summed E-state index contributed by atoms with van der Waals surface area (Å²) in [5.41, 5.74) is 0.691. The number of para-hydroxylation sites is 1. The van der Waals surface area contributed by atoms with Crippen LogP contribution in [0.25, 0.3) is 10.9 Å². The summed E-state index contributed by atoms with van der Waals surface area (Å²) in [5, 5.41) is 0.606. The summed E-state index contributed by atoms with van der Waals surface area (Å²) in [6.07, 6.45) is 0. The van der Waals surface area contributed by atoms with Gasteiger partial charge in [0, 0.05) is 7.05 Å². The van der Waals surface area contributed by atoms with Crippen LogP contribution in [0, 0.1) is 0 Å². The largest absolute Gasteiger partial charge is 0.310 e. The van der Waals surface area contributed by atoms with Gasteiger partial charge in [-0.05, 0) is 23.5 Å². The van der Waals surface area contributed by atoms with Crippen molar-refractivity contribution in [2.75, 3.05) is 0 Å². The third-order valence-electron chi connectivity index (χ3n) is 1.94. The van der Waals surface area contributed by atoms with Gasteiger partial charge in [-0.2, -0.15) is 0 Å². The predicted molar refractivity (Wildman–Crippen MR) is 64.7 cm³/mol. The molecule has 3 nitrogen and oxygen atoms in total. The summed E-state index contributed by atoms with van der Waals surface area (Å²) in [6, 6.07) is 7.10. The quantitative estimate of drug-likeness (QED) is 0.685. The molecule has 0 saturated heterocycles. The Bertz CT molecular complexity index is 569. The molecule has 2 rings (SSSR count). The fourth-order valence-corrected chi connectivity index (χ4v) is 1.92. The minimum Gasteiger partial charge on any atom is -0.302 e. The van der Waals surface area contributed by atoms with Gasteiger partial charge >= 0.3 is 4.87 Å². The zero-order valence-electron chi connectivity index (χ0n) is 8.98. The molecule has 0 aliphatic rings. The fraction of sp³-hybridized carbons (Fsp3) is 0.273. The molecule has 0 fully saturated rings.